The summed E-state index contributed by atoms with van der Waals surface area (Å²) in [7, 11) is 1.93. The van der Waals surface area contributed by atoms with Crippen molar-refractivity contribution in [2.75, 3.05) is 0 Å². The van der Waals surface area contributed by atoms with Crippen LogP contribution in [-0.2, 0) is 7.05 Å². The molecule has 0 aliphatic heterocycles. The van der Waals surface area contributed by atoms with E-state index in [9.17, 15) is 10.1 Å². The second-order valence-corrected chi connectivity index (χ2v) is 3.58. The molecule has 5 nitrogen and oxygen atoms in total. The Kier molecular flexibility index (Phi) is 3.00. The summed E-state index contributed by atoms with van der Waals surface area (Å²) in [6.07, 6.45) is 3.65. The summed E-state index contributed by atoms with van der Waals surface area (Å²) in [6.45, 7) is 0. The van der Waals surface area contributed by atoms with E-state index in [0.29, 0.717) is 5.69 Å². The average Bonchev–Trinajstić information content (AvgIpc) is 2.73. The molecule has 0 bridgehead atoms. The molecule has 0 fully saturated rings. The number of rotatable bonds is 3. The van der Waals surface area contributed by atoms with Gasteiger partial charge in [0.2, 0.25) is 0 Å². The first kappa shape index (κ1) is 11.1. The van der Waals surface area contributed by atoms with Crippen molar-refractivity contribution in [3.05, 3.63) is 58.4 Å². The Bertz CT molecular complexity index is 555. The third kappa shape index (κ3) is 2.57. The van der Waals surface area contributed by atoms with Crippen LogP contribution >= 0.6 is 0 Å². The molecule has 0 aliphatic carbocycles. The zero-order chi connectivity index (χ0) is 12.3. The maximum Gasteiger partial charge on any atom is 0.269 e. The highest BCUT2D eigenvalue weighted by Crippen LogP contribution is 2.17. The van der Waals surface area contributed by atoms with Gasteiger partial charge in [-0.3, -0.25) is 15.1 Å². The van der Waals surface area contributed by atoms with Gasteiger partial charge in [-0.1, -0.05) is 0 Å². The van der Waals surface area contributed by atoms with E-state index in [2.05, 4.69) is 4.99 Å². The van der Waals surface area contributed by atoms with Gasteiger partial charge in [-0.05, 0) is 24.3 Å². The Morgan fingerprint density at radius 3 is 2.53 bits per heavy atom. The van der Waals surface area contributed by atoms with Gasteiger partial charge in [-0.2, -0.15) is 0 Å². The van der Waals surface area contributed by atoms with Crippen molar-refractivity contribution < 1.29 is 4.92 Å². The molecule has 5 heteroatoms. The largest absolute Gasteiger partial charge is 0.350 e. The number of aromatic nitrogens is 1. The molecular formula is C12H11N3O2. The van der Waals surface area contributed by atoms with Crippen LogP contribution in [0.3, 0.4) is 0 Å². The van der Waals surface area contributed by atoms with Crippen LogP contribution in [0.2, 0.25) is 0 Å². The molecule has 1 heterocycles. The number of aliphatic imine (C=N–C) groups is 1. The van der Waals surface area contributed by atoms with Crippen LogP contribution in [0.4, 0.5) is 11.4 Å². The molecular weight excluding hydrogens is 218 g/mol. The fraction of sp³-hybridized carbons (Fsp3) is 0.0833. The van der Waals surface area contributed by atoms with Gasteiger partial charge in [0.15, 0.2) is 0 Å². The van der Waals surface area contributed by atoms with Crippen LogP contribution in [0.1, 0.15) is 5.69 Å². The second-order valence-electron chi connectivity index (χ2n) is 3.58. The van der Waals surface area contributed by atoms with Crippen molar-refractivity contribution in [3.63, 3.8) is 0 Å². The standard InChI is InChI=1S/C12H11N3O2/c1-14-8-2-3-12(14)9-13-10-4-6-11(7-5-10)15(16)17/h2-9H,1H3. The Balaban J connectivity index is 2.17. The van der Waals surface area contributed by atoms with Crippen LogP contribution in [0.15, 0.2) is 47.6 Å². The van der Waals surface area contributed by atoms with Crippen molar-refractivity contribution in [2.45, 2.75) is 0 Å². The first-order chi connectivity index (χ1) is 8.16. The number of aryl methyl sites for hydroxylation is 1. The van der Waals surface area contributed by atoms with Crippen molar-refractivity contribution in [1.29, 1.82) is 0 Å². The minimum atomic E-state index is -0.426. The second kappa shape index (κ2) is 4.61. The van der Waals surface area contributed by atoms with Gasteiger partial charge in [0.05, 0.1) is 22.5 Å². The normalized spacial score (nSPS) is 10.9. The summed E-state index contributed by atoms with van der Waals surface area (Å²) < 4.78 is 1.94. The number of nitro groups is 1. The molecule has 0 N–H and O–H groups in total. The molecule has 86 valence electrons. The van der Waals surface area contributed by atoms with E-state index >= 15 is 0 Å². The lowest BCUT2D eigenvalue weighted by atomic mass is 10.3. The van der Waals surface area contributed by atoms with E-state index in [1.54, 1.807) is 18.3 Å². The number of hydrogen-bond acceptors (Lipinski definition) is 3. The fourth-order valence-electron chi connectivity index (χ4n) is 1.41. The zero-order valence-electron chi connectivity index (χ0n) is 9.28. The Morgan fingerprint density at radius 1 is 1.29 bits per heavy atom. The van der Waals surface area contributed by atoms with Gasteiger partial charge in [0.1, 0.15) is 0 Å². The third-order valence-corrected chi connectivity index (χ3v) is 2.39. The molecule has 17 heavy (non-hydrogen) atoms. The van der Waals surface area contributed by atoms with Gasteiger partial charge in [-0.25, -0.2) is 0 Å². The highest BCUT2D eigenvalue weighted by atomic mass is 16.6. The van der Waals surface area contributed by atoms with Gasteiger partial charge < -0.3 is 4.57 Å². The SMILES string of the molecule is Cn1cccc1C=Nc1ccc([N+](=O)[O-])cc1. The van der Waals surface area contributed by atoms with Gasteiger partial charge >= 0.3 is 0 Å². The molecule has 0 spiro atoms. The Labute approximate surface area is 98.2 Å². The molecule has 0 unspecified atom stereocenters. The quantitative estimate of drug-likeness (QED) is 0.461. The average molecular weight is 229 g/mol. The number of benzene rings is 1. The van der Waals surface area contributed by atoms with Crippen LogP contribution in [0, 0.1) is 10.1 Å². The molecule has 0 atom stereocenters. The van der Waals surface area contributed by atoms with Crippen molar-refractivity contribution in [2.24, 2.45) is 12.0 Å². The molecule has 1 aromatic carbocycles. The molecule has 2 rings (SSSR count). The molecule has 1 aromatic heterocycles. The lowest BCUT2D eigenvalue weighted by molar-refractivity contribution is -0.384. The summed E-state index contributed by atoms with van der Waals surface area (Å²) >= 11 is 0. The maximum absolute atomic E-state index is 10.5. The summed E-state index contributed by atoms with van der Waals surface area (Å²) in [4.78, 5) is 14.3. The van der Waals surface area contributed by atoms with Crippen molar-refractivity contribution in [1.82, 2.24) is 4.57 Å². The van der Waals surface area contributed by atoms with Gasteiger partial charge in [0.25, 0.3) is 5.69 Å². The first-order valence-electron chi connectivity index (χ1n) is 5.06. The predicted molar refractivity (Wildman–Crippen MR) is 65.8 cm³/mol. The van der Waals surface area contributed by atoms with Crippen molar-refractivity contribution >= 4 is 17.6 Å². The van der Waals surface area contributed by atoms with E-state index in [4.69, 9.17) is 0 Å². The molecule has 0 saturated heterocycles. The van der Waals surface area contributed by atoms with Gasteiger partial charge in [-0.15, -0.1) is 0 Å². The minimum Gasteiger partial charge on any atom is -0.350 e. The molecule has 0 aliphatic rings. The number of non-ortho nitro benzene ring substituents is 1. The van der Waals surface area contributed by atoms with Crippen LogP contribution in [-0.4, -0.2) is 15.7 Å². The van der Waals surface area contributed by atoms with Crippen LogP contribution < -0.4 is 0 Å². The molecule has 0 amide bonds. The third-order valence-electron chi connectivity index (χ3n) is 2.39. The zero-order valence-corrected chi connectivity index (χ0v) is 9.28. The molecule has 0 saturated carbocycles. The van der Waals surface area contributed by atoms with E-state index in [-0.39, 0.29) is 5.69 Å². The molecule has 0 radical (unpaired) electrons. The Hall–Kier alpha value is -2.43. The molecule has 2 aromatic rings. The minimum absolute atomic E-state index is 0.0721. The summed E-state index contributed by atoms with van der Waals surface area (Å²) in [6, 6.07) is 10.00. The topological polar surface area (TPSA) is 60.4 Å². The number of nitro benzene ring substituents is 1. The predicted octanol–water partition coefficient (Wildman–Crippen LogP) is 2.68. The monoisotopic (exact) mass is 229 g/mol. The Morgan fingerprint density at radius 2 is 2.00 bits per heavy atom. The smallest absolute Gasteiger partial charge is 0.269 e. The van der Waals surface area contributed by atoms with Crippen molar-refractivity contribution in [3.8, 4) is 0 Å². The van der Waals surface area contributed by atoms with E-state index in [1.807, 2.05) is 29.9 Å². The summed E-state index contributed by atoms with van der Waals surface area (Å²) in [5.41, 5.74) is 1.74. The van der Waals surface area contributed by atoms with Gasteiger partial charge in [0, 0.05) is 25.4 Å². The summed E-state index contributed by atoms with van der Waals surface area (Å²) in [5.74, 6) is 0. The lowest BCUT2D eigenvalue weighted by Gasteiger charge is -1.96. The maximum atomic E-state index is 10.5. The highest BCUT2D eigenvalue weighted by Gasteiger charge is 2.02. The van der Waals surface area contributed by atoms with E-state index in [0.717, 1.165) is 5.69 Å². The highest BCUT2D eigenvalue weighted by molar-refractivity contribution is 5.80. The van der Waals surface area contributed by atoms with E-state index in [1.165, 1.54) is 12.1 Å². The lowest BCUT2D eigenvalue weighted by Crippen LogP contribution is -1.91. The number of nitrogens with zero attached hydrogens (tertiary/aromatic N) is 3. The summed E-state index contributed by atoms with van der Waals surface area (Å²) in [5, 5.41) is 10.5. The fourth-order valence-corrected chi connectivity index (χ4v) is 1.41. The first-order valence-corrected chi connectivity index (χ1v) is 5.06. The van der Waals surface area contributed by atoms with Crippen LogP contribution in [0.25, 0.3) is 0 Å². The van der Waals surface area contributed by atoms with Crippen LogP contribution in [0.5, 0.6) is 0 Å². The van der Waals surface area contributed by atoms with E-state index < -0.39 is 4.92 Å². The number of hydrogen-bond donors (Lipinski definition) is 0.